The molecule has 3 saturated heterocycles. The lowest BCUT2D eigenvalue weighted by atomic mass is 9.71. The summed E-state index contributed by atoms with van der Waals surface area (Å²) < 4.78 is 0. The fourth-order valence-electron chi connectivity index (χ4n) is 4.14. The molecule has 19 heavy (non-hydrogen) atoms. The molecule has 0 bridgehead atoms. The number of hydrogen-bond acceptors (Lipinski definition) is 4. The summed E-state index contributed by atoms with van der Waals surface area (Å²) in [5.74, 6) is 0.938. The van der Waals surface area contributed by atoms with Crippen molar-refractivity contribution in [1.82, 2.24) is 20.2 Å². The van der Waals surface area contributed by atoms with Crippen LogP contribution in [0.1, 0.15) is 25.7 Å². The quantitative estimate of drug-likeness (QED) is 0.818. The van der Waals surface area contributed by atoms with E-state index in [1.807, 2.05) is 7.05 Å². The van der Waals surface area contributed by atoms with Crippen LogP contribution in [0.2, 0.25) is 0 Å². The highest BCUT2D eigenvalue weighted by molar-refractivity contribution is 4.98. The van der Waals surface area contributed by atoms with Gasteiger partial charge < -0.3 is 9.80 Å². The van der Waals surface area contributed by atoms with Crippen LogP contribution in [-0.4, -0.2) is 74.7 Å². The van der Waals surface area contributed by atoms with Gasteiger partial charge in [0.05, 0.1) is 0 Å². The predicted octanol–water partition coefficient (Wildman–Crippen LogP) is 0.860. The highest BCUT2D eigenvalue weighted by atomic mass is 15.5. The highest BCUT2D eigenvalue weighted by Crippen LogP contribution is 2.40. The first-order valence-corrected chi connectivity index (χ1v) is 8.02. The van der Waals surface area contributed by atoms with Crippen LogP contribution < -0.4 is 5.43 Å². The summed E-state index contributed by atoms with van der Waals surface area (Å²) in [7, 11) is 4.30. The van der Waals surface area contributed by atoms with Gasteiger partial charge in [-0.3, -0.25) is 5.43 Å². The van der Waals surface area contributed by atoms with Crippen LogP contribution in [-0.2, 0) is 0 Å². The Kier molecular flexibility index (Phi) is 4.13. The summed E-state index contributed by atoms with van der Waals surface area (Å²) in [5, 5.41) is 2.35. The minimum Gasteiger partial charge on any atom is -0.306 e. The third-order valence-corrected chi connectivity index (χ3v) is 5.61. The number of hydrazine groups is 1. The molecule has 110 valence electrons. The first kappa shape index (κ1) is 13.8. The fraction of sp³-hybridized carbons (Fsp3) is 1.00. The molecule has 1 spiro atoms. The highest BCUT2D eigenvalue weighted by Gasteiger charge is 2.44. The van der Waals surface area contributed by atoms with Gasteiger partial charge >= 0.3 is 0 Å². The smallest absolute Gasteiger partial charge is 0.0134 e. The topological polar surface area (TPSA) is 21.8 Å². The Morgan fingerprint density at radius 3 is 2.26 bits per heavy atom. The molecule has 0 aromatic carbocycles. The van der Waals surface area contributed by atoms with Gasteiger partial charge in [0.15, 0.2) is 0 Å². The lowest BCUT2D eigenvalue weighted by Crippen LogP contribution is -2.61. The molecule has 0 radical (unpaired) electrons. The second-order valence-electron chi connectivity index (χ2n) is 7.13. The van der Waals surface area contributed by atoms with E-state index in [9.17, 15) is 0 Å². The van der Waals surface area contributed by atoms with Crippen LogP contribution in [0.3, 0.4) is 0 Å². The summed E-state index contributed by atoms with van der Waals surface area (Å²) in [5.41, 5.74) is 3.98. The normalized spacial score (nSPS) is 30.6. The van der Waals surface area contributed by atoms with E-state index in [4.69, 9.17) is 0 Å². The average molecular weight is 266 g/mol. The molecule has 0 aliphatic carbocycles. The third kappa shape index (κ3) is 3.13. The van der Waals surface area contributed by atoms with Crippen LogP contribution in [0.5, 0.6) is 0 Å². The number of nitrogens with zero attached hydrogens (tertiary/aromatic N) is 3. The number of rotatable bonds is 3. The maximum Gasteiger partial charge on any atom is 0.0134 e. The van der Waals surface area contributed by atoms with Crippen molar-refractivity contribution in [2.75, 3.05) is 59.9 Å². The first-order chi connectivity index (χ1) is 9.19. The molecule has 3 fully saturated rings. The van der Waals surface area contributed by atoms with Crippen molar-refractivity contribution in [3.05, 3.63) is 0 Å². The molecule has 0 aromatic rings. The van der Waals surface area contributed by atoms with Crippen LogP contribution in [0, 0.1) is 11.3 Å². The van der Waals surface area contributed by atoms with Gasteiger partial charge in [0.2, 0.25) is 0 Å². The van der Waals surface area contributed by atoms with Gasteiger partial charge in [-0.05, 0) is 64.2 Å². The molecule has 4 heteroatoms. The Labute approximate surface area is 118 Å². The summed E-state index contributed by atoms with van der Waals surface area (Å²) in [6.07, 6.45) is 5.59. The molecule has 1 N–H and O–H groups in total. The third-order valence-electron chi connectivity index (χ3n) is 5.61. The zero-order valence-corrected chi connectivity index (χ0v) is 12.7. The van der Waals surface area contributed by atoms with Gasteiger partial charge in [0, 0.05) is 32.7 Å². The van der Waals surface area contributed by atoms with E-state index in [1.165, 1.54) is 71.5 Å². The van der Waals surface area contributed by atoms with E-state index in [0.29, 0.717) is 5.41 Å². The molecule has 0 aromatic heterocycles. The van der Waals surface area contributed by atoms with E-state index in [1.54, 1.807) is 0 Å². The summed E-state index contributed by atoms with van der Waals surface area (Å²) in [6.45, 7) is 9.20. The van der Waals surface area contributed by atoms with Crippen LogP contribution in [0.25, 0.3) is 0 Å². The Bertz CT molecular complexity index is 283. The van der Waals surface area contributed by atoms with Crippen molar-refractivity contribution in [2.45, 2.75) is 25.7 Å². The molecule has 0 unspecified atom stereocenters. The molecule has 0 amide bonds. The Morgan fingerprint density at radius 1 is 1.05 bits per heavy atom. The Hall–Kier alpha value is -0.160. The average Bonchev–Trinajstić information content (AvgIpc) is 2.40. The monoisotopic (exact) mass is 266 g/mol. The molecule has 0 saturated carbocycles. The molecular formula is C15H30N4. The van der Waals surface area contributed by atoms with Gasteiger partial charge in [-0.2, -0.15) is 0 Å². The van der Waals surface area contributed by atoms with Gasteiger partial charge in [0.1, 0.15) is 0 Å². The van der Waals surface area contributed by atoms with Gasteiger partial charge in [-0.15, -0.1) is 0 Å². The summed E-state index contributed by atoms with van der Waals surface area (Å²) in [4.78, 5) is 5.21. The zero-order chi connectivity index (χ0) is 13.3. The first-order valence-electron chi connectivity index (χ1n) is 8.02. The van der Waals surface area contributed by atoms with Crippen LogP contribution in [0.15, 0.2) is 0 Å². The van der Waals surface area contributed by atoms with Crippen molar-refractivity contribution < 1.29 is 0 Å². The molecule has 4 nitrogen and oxygen atoms in total. The molecule has 3 aliphatic rings. The minimum atomic E-state index is 0.707. The summed E-state index contributed by atoms with van der Waals surface area (Å²) in [6, 6.07) is 0. The molecule has 0 atom stereocenters. The van der Waals surface area contributed by atoms with Crippen LogP contribution >= 0.6 is 0 Å². The SMILES string of the molecule is CNN1CCC(CN2CC3(CCN(C)CC3)C2)CC1. The number of hydrogen-bond donors (Lipinski definition) is 1. The predicted molar refractivity (Wildman–Crippen MR) is 79.0 cm³/mol. The standard InChI is InChI=1S/C15H30N4/c1-16-19-7-3-14(4-8-19)11-18-12-15(13-18)5-9-17(2)10-6-15/h14,16H,3-13H2,1-2H3. The largest absolute Gasteiger partial charge is 0.306 e. The maximum atomic E-state index is 3.27. The molecule has 3 rings (SSSR count). The van der Waals surface area contributed by atoms with E-state index < -0.39 is 0 Å². The lowest BCUT2D eigenvalue weighted by Gasteiger charge is -2.55. The number of likely N-dealkylation sites (tertiary alicyclic amines) is 2. The van der Waals surface area contributed by atoms with E-state index in [0.717, 1.165) is 5.92 Å². The Balaban J connectivity index is 1.38. The van der Waals surface area contributed by atoms with Crippen LogP contribution in [0.4, 0.5) is 0 Å². The fourth-order valence-corrected chi connectivity index (χ4v) is 4.14. The van der Waals surface area contributed by atoms with E-state index in [-0.39, 0.29) is 0 Å². The second kappa shape index (κ2) is 5.68. The van der Waals surface area contributed by atoms with E-state index in [2.05, 4.69) is 27.3 Å². The minimum absolute atomic E-state index is 0.707. The summed E-state index contributed by atoms with van der Waals surface area (Å²) >= 11 is 0. The van der Waals surface area contributed by atoms with Gasteiger partial charge in [-0.1, -0.05) is 0 Å². The van der Waals surface area contributed by atoms with E-state index >= 15 is 0 Å². The van der Waals surface area contributed by atoms with Gasteiger partial charge in [-0.25, -0.2) is 5.01 Å². The molecule has 3 aliphatic heterocycles. The van der Waals surface area contributed by atoms with Gasteiger partial charge in [0.25, 0.3) is 0 Å². The number of nitrogens with one attached hydrogen (secondary N) is 1. The number of piperidine rings is 2. The van der Waals surface area contributed by atoms with Crippen molar-refractivity contribution in [3.63, 3.8) is 0 Å². The molecule has 3 heterocycles. The Morgan fingerprint density at radius 2 is 1.68 bits per heavy atom. The van der Waals surface area contributed by atoms with Crippen molar-refractivity contribution in [2.24, 2.45) is 11.3 Å². The zero-order valence-electron chi connectivity index (χ0n) is 12.7. The van der Waals surface area contributed by atoms with Crippen molar-refractivity contribution in [1.29, 1.82) is 0 Å². The van der Waals surface area contributed by atoms with Crippen molar-refractivity contribution >= 4 is 0 Å². The second-order valence-corrected chi connectivity index (χ2v) is 7.13. The molecular weight excluding hydrogens is 236 g/mol. The van der Waals surface area contributed by atoms with Crippen molar-refractivity contribution in [3.8, 4) is 0 Å². The lowest BCUT2D eigenvalue weighted by molar-refractivity contribution is -0.0540. The maximum absolute atomic E-state index is 3.27.